The third-order valence-electron chi connectivity index (χ3n) is 3.53. The minimum absolute atomic E-state index is 0.118. The van der Waals surface area contributed by atoms with Crippen molar-refractivity contribution in [3.8, 4) is 0 Å². The van der Waals surface area contributed by atoms with E-state index in [1.54, 1.807) is 6.07 Å². The molecule has 0 N–H and O–H groups in total. The Bertz CT molecular complexity index is 430. The van der Waals surface area contributed by atoms with Crippen LogP contribution < -0.4 is 0 Å². The maximum absolute atomic E-state index is 12.1. The fraction of sp³-hybridized carbons (Fsp3) is 0.571. The molecule has 104 valence electrons. The number of carbonyl (C=O) groups excluding carboxylic acids is 2. The van der Waals surface area contributed by atoms with Crippen molar-refractivity contribution in [2.24, 2.45) is 0 Å². The number of hydrogen-bond donors (Lipinski definition) is 0. The summed E-state index contributed by atoms with van der Waals surface area (Å²) in [5.41, 5.74) is 0. The van der Waals surface area contributed by atoms with Crippen LogP contribution in [-0.4, -0.2) is 35.5 Å². The molecule has 2 rings (SSSR count). The largest absolute Gasteiger partial charge is 0.457 e. The number of ether oxygens (including phenoxy) is 1. The van der Waals surface area contributed by atoms with Crippen LogP contribution in [0.2, 0.25) is 0 Å². The van der Waals surface area contributed by atoms with E-state index < -0.39 is 5.97 Å². The lowest BCUT2D eigenvalue weighted by molar-refractivity contribution is -0.140. The molecule has 1 aliphatic rings. The molecule has 5 heteroatoms. The molecule has 0 aliphatic carbocycles. The van der Waals surface area contributed by atoms with Crippen molar-refractivity contribution in [3.05, 3.63) is 24.2 Å². The van der Waals surface area contributed by atoms with Crippen molar-refractivity contribution >= 4 is 11.9 Å². The number of hydrogen-bond acceptors (Lipinski definition) is 4. The third-order valence-corrected chi connectivity index (χ3v) is 3.53. The van der Waals surface area contributed by atoms with Crippen LogP contribution in [0, 0.1) is 0 Å². The Labute approximate surface area is 112 Å². The van der Waals surface area contributed by atoms with Crippen molar-refractivity contribution in [2.45, 2.75) is 45.2 Å². The predicted octanol–water partition coefficient (Wildman–Crippen LogP) is 2.23. The van der Waals surface area contributed by atoms with Crippen LogP contribution in [-0.2, 0) is 9.53 Å². The molecule has 0 bridgehead atoms. The highest BCUT2D eigenvalue weighted by molar-refractivity contribution is 5.88. The monoisotopic (exact) mass is 265 g/mol. The van der Waals surface area contributed by atoms with Crippen LogP contribution >= 0.6 is 0 Å². The van der Waals surface area contributed by atoms with Crippen molar-refractivity contribution in [1.82, 2.24) is 4.90 Å². The summed E-state index contributed by atoms with van der Waals surface area (Å²) < 4.78 is 9.89. The van der Waals surface area contributed by atoms with Crippen molar-refractivity contribution in [2.75, 3.05) is 6.61 Å². The van der Waals surface area contributed by atoms with E-state index in [9.17, 15) is 9.59 Å². The number of rotatable bonds is 3. The molecular weight excluding hydrogens is 246 g/mol. The maximum Gasteiger partial charge on any atom is 0.374 e. The number of nitrogens with zero attached hydrogens (tertiary/aromatic N) is 1. The van der Waals surface area contributed by atoms with Crippen LogP contribution in [0.4, 0.5) is 0 Å². The summed E-state index contributed by atoms with van der Waals surface area (Å²) in [5, 5.41) is 0. The van der Waals surface area contributed by atoms with Gasteiger partial charge in [-0.15, -0.1) is 0 Å². The summed E-state index contributed by atoms with van der Waals surface area (Å²) in [6, 6.07) is 3.53. The fourth-order valence-corrected chi connectivity index (χ4v) is 2.58. The van der Waals surface area contributed by atoms with E-state index in [2.05, 4.69) is 0 Å². The Balaban J connectivity index is 1.88. The van der Waals surface area contributed by atoms with E-state index in [-0.39, 0.29) is 30.4 Å². The predicted molar refractivity (Wildman–Crippen MR) is 68.6 cm³/mol. The highest BCUT2D eigenvalue weighted by atomic mass is 16.5. The van der Waals surface area contributed by atoms with E-state index in [4.69, 9.17) is 9.15 Å². The second-order valence-electron chi connectivity index (χ2n) is 4.98. The van der Waals surface area contributed by atoms with Gasteiger partial charge in [-0.25, -0.2) is 4.79 Å². The van der Waals surface area contributed by atoms with Crippen molar-refractivity contribution in [1.29, 1.82) is 0 Å². The molecule has 0 unspecified atom stereocenters. The Hall–Kier alpha value is -1.78. The third kappa shape index (κ3) is 3.16. The van der Waals surface area contributed by atoms with Crippen molar-refractivity contribution < 1.29 is 18.7 Å². The zero-order chi connectivity index (χ0) is 13.8. The van der Waals surface area contributed by atoms with E-state index in [1.165, 1.54) is 12.3 Å². The van der Waals surface area contributed by atoms with Gasteiger partial charge in [-0.05, 0) is 45.2 Å². The molecule has 5 nitrogen and oxygen atoms in total. The lowest BCUT2D eigenvalue weighted by atomic mass is 9.97. The highest BCUT2D eigenvalue weighted by Crippen LogP contribution is 2.22. The SMILES string of the molecule is C[C@@H]1CCC[C@H](C)N1C(=O)COC(=O)c1ccco1. The quantitative estimate of drug-likeness (QED) is 0.786. The molecule has 0 spiro atoms. The lowest BCUT2D eigenvalue weighted by Gasteiger charge is -2.38. The van der Waals surface area contributed by atoms with Gasteiger partial charge in [0.1, 0.15) is 0 Å². The Morgan fingerprint density at radius 3 is 2.63 bits per heavy atom. The van der Waals surface area contributed by atoms with Crippen LogP contribution in [0.1, 0.15) is 43.7 Å². The van der Waals surface area contributed by atoms with E-state index in [0.717, 1.165) is 19.3 Å². The maximum atomic E-state index is 12.1. The number of amides is 1. The number of carbonyl (C=O) groups is 2. The smallest absolute Gasteiger partial charge is 0.374 e. The first kappa shape index (κ1) is 13.6. The molecule has 0 radical (unpaired) electrons. The molecule has 1 aliphatic heterocycles. The molecule has 2 atom stereocenters. The van der Waals surface area contributed by atoms with Gasteiger partial charge in [0.2, 0.25) is 5.76 Å². The van der Waals surface area contributed by atoms with E-state index >= 15 is 0 Å². The number of piperidine rings is 1. The lowest BCUT2D eigenvalue weighted by Crippen LogP contribution is -2.49. The van der Waals surface area contributed by atoms with Gasteiger partial charge >= 0.3 is 5.97 Å². The zero-order valence-corrected chi connectivity index (χ0v) is 11.3. The number of furan rings is 1. The second kappa shape index (κ2) is 5.91. The topological polar surface area (TPSA) is 59.8 Å². The standard InChI is InChI=1S/C14H19NO4/c1-10-5-3-6-11(2)15(10)13(16)9-19-14(17)12-7-4-8-18-12/h4,7-8,10-11H,3,5-6,9H2,1-2H3/t10-,11+. The average Bonchev–Trinajstić information content (AvgIpc) is 2.89. The fourth-order valence-electron chi connectivity index (χ4n) is 2.58. The summed E-state index contributed by atoms with van der Waals surface area (Å²) in [6.07, 6.45) is 4.54. The molecule has 19 heavy (non-hydrogen) atoms. The van der Waals surface area contributed by atoms with Crippen LogP contribution in [0.3, 0.4) is 0 Å². The second-order valence-corrected chi connectivity index (χ2v) is 4.98. The minimum atomic E-state index is -0.601. The minimum Gasteiger partial charge on any atom is -0.457 e. The van der Waals surface area contributed by atoms with Gasteiger partial charge in [0.15, 0.2) is 6.61 Å². The zero-order valence-electron chi connectivity index (χ0n) is 11.3. The first-order valence-electron chi connectivity index (χ1n) is 6.61. The first-order valence-corrected chi connectivity index (χ1v) is 6.61. The van der Waals surface area contributed by atoms with Gasteiger partial charge in [-0.1, -0.05) is 0 Å². The van der Waals surface area contributed by atoms with Crippen LogP contribution in [0.15, 0.2) is 22.8 Å². The summed E-state index contributed by atoms with van der Waals surface area (Å²) in [6.45, 7) is 3.83. The van der Waals surface area contributed by atoms with E-state index in [0.29, 0.717) is 0 Å². The Kier molecular flexibility index (Phi) is 4.24. The van der Waals surface area contributed by atoms with Gasteiger partial charge in [-0.2, -0.15) is 0 Å². The summed E-state index contributed by atoms with van der Waals surface area (Å²) >= 11 is 0. The molecule has 1 saturated heterocycles. The Morgan fingerprint density at radius 1 is 1.37 bits per heavy atom. The molecule has 0 aromatic carbocycles. The van der Waals surface area contributed by atoms with Gasteiger partial charge in [0.25, 0.3) is 5.91 Å². The van der Waals surface area contributed by atoms with Gasteiger partial charge < -0.3 is 14.1 Å². The average molecular weight is 265 g/mol. The number of esters is 1. The van der Waals surface area contributed by atoms with Crippen molar-refractivity contribution in [3.63, 3.8) is 0 Å². The Morgan fingerprint density at radius 2 is 2.05 bits per heavy atom. The number of likely N-dealkylation sites (tertiary alicyclic amines) is 1. The van der Waals surface area contributed by atoms with Gasteiger partial charge in [0, 0.05) is 12.1 Å². The molecule has 1 amide bonds. The summed E-state index contributed by atoms with van der Waals surface area (Å²) in [4.78, 5) is 25.5. The van der Waals surface area contributed by atoms with E-state index in [1.807, 2.05) is 18.7 Å². The first-order chi connectivity index (χ1) is 9.09. The highest BCUT2D eigenvalue weighted by Gasteiger charge is 2.29. The molecule has 2 heterocycles. The molecule has 1 aromatic rings. The summed E-state index contributed by atoms with van der Waals surface area (Å²) in [5.74, 6) is -0.622. The normalized spacial score (nSPS) is 23.2. The van der Waals surface area contributed by atoms with Gasteiger partial charge in [0.05, 0.1) is 6.26 Å². The van der Waals surface area contributed by atoms with Crippen LogP contribution in [0.25, 0.3) is 0 Å². The van der Waals surface area contributed by atoms with Crippen LogP contribution in [0.5, 0.6) is 0 Å². The molecule has 0 saturated carbocycles. The molecule has 1 fully saturated rings. The molecular formula is C14H19NO4. The summed E-state index contributed by atoms with van der Waals surface area (Å²) in [7, 11) is 0. The van der Waals surface area contributed by atoms with Gasteiger partial charge in [-0.3, -0.25) is 4.79 Å². The molecule has 1 aromatic heterocycles.